The van der Waals surface area contributed by atoms with Crippen LogP contribution in [0.5, 0.6) is 0 Å². The highest BCUT2D eigenvalue weighted by Gasteiger charge is 2.44. The lowest BCUT2D eigenvalue weighted by Gasteiger charge is -2.28. The average molecular weight is 190 g/mol. The predicted molar refractivity (Wildman–Crippen MR) is 58.3 cm³/mol. The van der Waals surface area contributed by atoms with Gasteiger partial charge in [0.1, 0.15) is 0 Å². The number of aliphatic hydroxyl groups is 1. The van der Waals surface area contributed by atoms with Crippen molar-refractivity contribution in [3.8, 4) is 0 Å². The van der Waals surface area contributed by atoms with Crippen molar-refractivity contribution in [3.63, 3.8) is 0 Å². The fourth-order valence-electron chi connectivity index (χ4n) is 2.14. The van der Waals surface area contributed by atoms with Gasteiger partial charge in [0, 0.05) is 0 Å². The summed E-state index contributed by atoms with van der Waals surface area (Å²) in [7, 11) is 0. The lowest BCUT2D eigenvalue weighted by Crippen LogP contribution is -2.25. The van der Waals surface area contributed by atoms with E-state index in [1.807, 2.05) is 6.07 Å². The quantitative estimate of drug-likeness (QED) is 0.777. The van der Waals surface area contributed by atoms with Gasteiger partial charge < -0.3 is 5.11 Å². The summed E-state index contributed by atoms with van der Waals surface area (Å²) in [6.45, 7) is 4.41. The maximum absolute atomic E-state index is 9.93. The molecule has 76 valence electrons. The molecular weight excluding hydrogens is 172 g/mol. The van der Waals surface area contributed by atoms with Crippen LogP contribution in [0.3, 0.4) is 0 Å². The second-order valence-electron chi connectivity index (χ2n) is 5.15. The summed E-state index contributed by atoms with van der Waals surface area (Å²) in [5.74, 6) is 0. The first-order valence-electron chi connectivity index (χ1n) is 5.30. The second kappa shape index (κ2) is 3.09. The third-order valence-electron chi connectivity index (χ3n) is 3.15. The van der Waals surface area contributed by atoms with Crippen molar-refractivity contribution in [1.82, 2.24) is 0 Å². The van der Waals surface area contributed by atoms with E-state index < -0.39 is 0 Å². The van der Waals surface area contributed by atoms with Crippen molar-refractivity contribution in [3.05, 3.63) is 35.9 Å². The van der Waals surface area contributed by atoms with Crippen molar-refractivity contribution in [2.75, 3.05) is 0 Å². The number of rotatable bonds is 3. The van der Waals surface area contributed by atoms with Crippen LogP contribution in [-0.2, 0) is 5.41 Å². The molecule has 1 aliphatic rings. The van der Waals surface area contributed by atoms with Gasteiger partial charge in [-0.05, 0) is 30.2 Å². The van der Waals surface area contributed by atoms with Gasteiger partial charge >= 0.3 is 0 Å². The van der Waals surface area contributed by atoms with E-state index in [9.17, 15) is 5.11 Å². The molecule has 0 atom stereocenters. The molecule has 1 aliphatic carbocycles. The van der Waals surface area contributed by atoms with E-state index in [0.29, 0.717) is 0 Å². The molecule has 1 aromatic rings. The number of benzene rings is 1. The smallest absolute Gasteiger partial charge is 0.0658 e. The van der Waals surface area contributed by atoms with Crippen LogP contribution >= 0.6 is 0 Å². The van der Waals surface area contributed by atoms with Gasteiger partial charge in [-0.15, -0.1) is 0 Å². The lowest BCUT2D eigenvalue weighted by molar-refractivity contribution is 0.115. The maximum atomic E-state index is 9.93. The monoisotopic (exact) mass is 190 g/mol. The fraction of sp³-hybridized carbons (Fsp3) is 0.538. The van der Waals surface area contributed by atoms with Crippen molar-refractivity contribution < 1.29 is 5.11 Å². The molecule has 0 aliphatic heterocycles. The van der Waals surface area contributed by atoms with Crippen LogP contribution in [0.25, 0.3) is 0 Å². The summed E-state index contributed by atoms with van der Waals surface area (Å²) in [5, 5.41) is 9.93. The fourth-order valence-corrected chi connectivity index (χ4v) is 2.14. The summed E-state index contributed by atoms with van der Waals surface area (Å²) in [4.78, 5) is 0. The lowest BCUT2D eigenvalue weighted by atomic mass is 9.79. The first-order chi connectivity index (χ1) is 6.52. The van der Waals surface area contributed by atoms with Crippen LogP contribution in [-0.4, -0.2) is 10.7 Å². The molecule has 1 N–H and O–H groups in total. The first-order valence-corrected chi connectivity index (χ1v) is 5.30. The van der Waals surface area contributed by atoms with Gasteiger partial charge in [0.2, 0.25) is 0 Å². The summed E-state index contributed by atoms with van der Waals surface area (Å²) < 4.78 is 0. The largest absolute Gasteiger partial charge is 0.390 e. The summed E-state index contributed by atoms with van der Waals surface area (Å²) in [5.41, 5.74) is 1.05. The Bertz CT molecular complexity index is 309. The van der Waals surface area contributed by atoms with Gasteiger partial charge in [0.25, 0.3) is 0 Å². The third-order valence-corrected chi connectivity index (χ3v) is 3.15. The van der Waals surface area contributed by atoms with Gasteiger partial charge in [-0.1, -0.05) is 44.2 Å². The van der Waals surface area contributed by atoms with Crippen LogP contribution in [0, 0.1) is 0 Å². The van der Waals surface area contributed by atoms with E-state index in [2.05, 4.69) is 38.1 Å². The van der Waals surface area contributed by atoms with Crippen LogP contribution in [0.4, 0.5) is 0 Å². The molecule has 0 heterocycles. The number of hydrogen-bond acceptors (Lipinski definition) is 1. The Morgan fingerprint density at radius 2 is 1.79 bits per heavy atom. The van der Waals surface area contributed by atoms with Crippen LogP contribution in [0.15, 0.2) is 30.3 Å². The molecule has 14 heavy (non-hydrogen) atoms. The van der Waals surface area contributed by atoms with E-state index in [1.165, 1.54) is 5.56 Å². The molecule has 0 saturated heterocycles. The molecule has 1 nitrogen and oxygen atoms in total. The first kappa shape index (κ1) is 9.72. The topological polar surface area (TPSA) is 20.2 Å². The molecule has 0 radical (unpaired) electrons. The van der Waals surface area contributed by atoms with Crippen molar-refractivity contribution in [1.29, 1.82) is 0 Å². The highest BCUT2D eigenvalue weighted by Crippen LogP contribution is 2.45. The molecule has 1 saturated carbocycles. The van der Waals surface area contributed by atoms with E-state index in [4.69, 9.17) is 0 Å². The SMILES string of the molecule is CC(C)(CC1(O)CC1)c1ccccc1. The Hall–Kier alpha value is -0.820. The Morgan fingerprint density at radius 1 is 1.21 bits per heavy atom. The summed E-state index contributed by atoms with van der Waals surface area (Å²) in [6, 6.07) is 10.4. The average Bonchev–Trinajstić information content (AvgIpc) is 2.84. The van der Waals surface area contributed by atoms with Crippen LogP contribution < -0.4 is 0 Å². The molecule has 0 bridgehead atoms. The predicted octanol–water partition coefficient (Wildman–Crippen LogP) is 2.88. The zero-order valence-electron chi connectivity index (χ0n) is 8.96. The Balaban J connectivity index is 2.15. The van der Waals surface area contributed by atoms with Crippen LogP contribution in [0.2, 0.25) is 0 Å². The molecule has 0 spiro atoms. The minimum atomic E-state index is -0.362. The molecule has 1 heteroatoms. The molecule has 1 fully saturated rings. The Morgan fingerprint density at radius 3 is 2.29 bits per heavy atom. The molecule has 0 unspecified atom stereocenters. The molecule has 1 aromatic carbocycles. The van der Waals surface area contributed by atoms with Crippen molar-refractivity contribution in [2.45, 2.75) is 44.1 Å². The summed E-state index contributed by atoms with van der Waals surface area (Å²) >= 11 is 0. The van der Waals surface area contributed by atoms with Crippen molar-refractivity contribution in [2.24, 2.45) is 0 Å². The molecule has 0 amide bonds. The minimum absolute atomic E-state index is 0.0898. The van der Waals surface area contributed by atoms with E-state index >= 15 is 0 Å². The highest BCUT2D eigenvalue weighted by molar-refractivity contribution is 5.24. The third kappa shape index (κ3) is 1.98. The van der Waals surface area contributed by atoms with Gasteiger partial charge in [0.15, 0.2) is 0 Å². The van der Waals surface area contributed by atoms with Gasteiger partial charge in [-0.25, -0.2) is 0 Å². The second-order valence-corrected chi connectivity index (χ2v) is 5.15. The van der Waals surface area contributed by atoms with Gasteiger partial charge in [-0.2, -0.15) is 0 Å². The molecular formula is C13H18O. The van der Waals surface area contributed by atoms with E-state index in [-0.39, 0.29) is 11.0 Å². The van der Waals surface area contributed by atoms with Gasteiger partial charge in [-0.3, -0.25) is 0 Å². The number of hydrogen-bond donors (Lipinski definition) is 1. The van der Waals surface area contributed by atoms with Gasteiger partial charge in [0.05, 0.1) is 5.60 Å². The standard InChI is InChI=1S/C13H18O/c1-12(2,10-13(14)8-9-13)11-6-4-3-5-7-11/h3-7,14H,8-10H2,1-2H3. The minimum Gasteiger partial charge on any atom is -0.390 e. The molecule has 2 rings (SSSR count). The molecule has 0 aromatic heterocycles. The zero-order chi connectivity index (χ0) is 10.2. The summed E-state index contributed by atoms with van der Waals surface area (Å²) in [6.07, 6.45) is 2.83. The van der Waals surface area contributed by atoms with Crippen molar-refractivity contribution >= 4 is 0 Å². The maximum Gasteiger partial charge on any atom is 0.0658 e. The Kier molecular flexibility index (Phi) is 2.15. The zero-order valence-corrected chi connectivity index (χ0v) is 8.96. The normalized spacial score (nSPS) is 19.4. The van der Waals surface area contributed by atoms with Crippen LogP contribution in [0.1, 0.15) is 38.7 Å². The van der Waals surface area contributed by atoms with E-state index in [1.54, 1.807) is 0 Å². The Labute approximate surface area is 85.8 Å². The van der Waals surface area contributed by atoms with E-state index in [0.717, 1.165) is 19.3 Å². The highest BCUT2D eigenvalue weighted by atomic mass is 16.3.